The third-order valence-corrected chi connectivity index (χ3v) is 5.15. The number of hydrogen-bond acceptors (Lipinski definition) is 6. The maximum Gasteiger partial charge on any atom is 0.295 e. The largest absolute Gasteiger partial charge is 0.508 e. The van der Waals surface area contributed by atoms with Crippen molar-refractivity contribution in [2.45, 2.75) is 25.8 Å². The van der Waals surface area contributed by atoms with Gasteiger partial charge in [0.05, 0.1) is 11.6 Å². The van der Waals surface area contributed by atoms with Crippen molar-refractivity contribution in [2.24, 2.45) is 0 Å². The summed E-state index contributed by atoms with van der Waals surface area (Å²) in [5, 5.41) is 20.6. The number of carbonyl (C=O) groups excluding carboxylic acids is 2. The van der Waals surface area contributed by atoms with Crippen LogP contribution in [0.2, 0.25) is 0 Å². The van der Waals surface area contributed by atoms with Crippen molar-refractivity contribution >= 4 is 17.4 Å². The lowest BCUT2D eigenvalue weighted by molar-refractivity contribution is -0.139. The summed E-state index contributed by atoms with van der Waals surface area (Å²) in [5.41, 5.74) is 1.03. The molecule has 0 aromatic heterocycles. The number of phenolic OH excluding ortho intramolecular Hbond substituents is 1. The number of carbonyl (C=O) groups is 2. The topological polar surface area (TPSA) is 96.3 Å². The summed E-state index contributed by atoms with van der Waals surface area (Å²) in [7, 11) is 0. The summed E-state index contributed by atoms with van der Waals surface area (Å²) in [4.78, 5) is 27.1. The van der Waals surface area contributed by atoms with Gasteiger partial charge in [-0.05, 0) is 42.3 Å². The first-order valence-electron chi connectivity index (χ1n) is 9.48. The highest BCUT2D eigenvalue weighted by Crippen LogP contribution is 2.41. The van der Waals surface area contributed by atoms with Crippen LogP contribution in [0.25, 0.3) is 5.76 Å². The van der Waals surface area contributed by atoms with Gasteiger partial charge in [0.2, 0.25) is 6.79 Å². The molecule has 1 saturated heterocycles. The Morgan fingerprint density at radius 1 is 1.10 bits per heavy atom. The molecular formula is C22H21NO6. The van der Waals surface area contributed by atoms with Gasteiger partial charge in [-0.25, -0.2) is 0 Å². The van der Waals surface area contributed by atoms with E-state index in [1.165, 1.54) is 17.0 Å². The Bertz CT molecular complexity index is 995. The molecule has 7 heteroatoms. The fraction of sp³-hybridized carbons (Fsp3) is 0.273. The minimum Gasteiger partial charge on any atom is -0.508 e. The van der Waals surface area contributed by atoms with E-state index in [-0.39, 0.29) is 23.9 Å². The van der Waals surface area contributed by atoms with Crippen molar-refractivity contribution < 1.29 is 29.3 Å². The number of hydrogen-bond donors (Lipinski definition) is 2. The van der Waals surface area contributed by atoms with Crippen molar-refractivity contribution in [3.8, 4) is 17.2 Å². The molecule has 2 N–H and O–H groups in total. The monoisotopic (exact) mass is 395 g/mol. The average molecular weight is 395 g/mol. The minimum atomic E-state index is -0.729. The van der Waals surface area contributed by atoms with E-state index in [2.05, 4.69) is 0 Å². The Morgan fingerprint density at radius 3 is 2.55 bits per heavy atom. The van der Waals surface area contributed by atoms with Crippen LogP contribution in [0.1, 0.15) is 36.9 Å². The van der Waals surface area contributed by atoms with Crippen molar-refractivity contribution in [2.75, 3.05) is 13.3 Å². The van der Waals surface area contributed by atoms with Gasteiger partial charge >= 0.3 is 0 Å². The van der Waals surface area contributed by atoms with Crippen LogP contribution in [0.4, 0.5) is 0 Å². The molecule has 0 radical (unpaired) electrons. The molecule has 4 rings (SSSR count). The highest BCUT2D eigenvalue weighted by Gasteiger charge is 2.45. The van der Waals surface area contributed by atoms with Crippen LogP contribution in [-0.4, -0.2) is 40.1 Å². The molecule has 1 atom stereocenters. The van der Waals surface area contributed by atoms with Crippen LogP contribution in [0, 0.1) is 0 Å². The number of benzene rings is 2. The zero-order valence-electron chi connectivity index (χ0n) is 15.9. The standard InChI is InChI=1S/C22H21NO6/c1-2-3-10-23-19(13-4-7-15(24)8-5-13)18(21(26)22(23)27)20(25)14-6-9-16-17(11-14)29-12-28-16/h4-9,11,19,24-25H,2-3,10,12H2,1H3/b20-18-. The highest BCUT2D eigenvalue weighted by atomic mass is 16.7. The van der Waals surface area contributed by atoms with Gasteiger partial charge < -0.3 is 24.6 Å². The van der Waals surface area contributed by atoms with E-state index in [4.69, 9.17) is 9.47 Å². The van der Waals surface area contributed by atoms with Crippen LogP contribution in [0.15, 0.2) is 48.0 Å². The zero-order chi connectivity index (χ0) is 20.5. The number of unbranched alkanes of at least 4 members (excludes halogenated alkanes) is 1. The number of phenols is 1. The van der Waals surface area contributed by atoms with E-state index in [1.807, 2.05) is 6.92 Å². The van der Waals surface area contributed by atoms with Crippen LogP contribution in [-0.2, 0) is 9.59 Å². The number of fused-ring (bicyclic) bond motifs is 1. The normalized spacial score (nSPS) is 19.8. The number of aromatic hydroxyl groups is 1. The second-order valence-corrected chi connectivity index (χ2v) is 7.01. The molecular weight excluding hydrogens is 374 g/mol. The molecule has 2 aromatic carbocycles. The average Bonchev–Trinajstić information content (AvgIpc) is 3.29. The van der Waals surface area contributed by atoms with Gasteiger partial charge in [0.25, 0.3) is 11.7 Å². The smallest absolute Gasteiger partial charge is 0.295 e. The third-order valence-electron chi connectivity index (χ3n) is 5.15. The summed E-state index contributed by atoms with van der Waals surface area (Å²) in [6, 6.07) is 10.4. The number of Topliss-reactive ketones (excluding diaryl/α,β-unsaturated/α-hetero) is 1. The molecule has 1 unspecified atom stereocenters. The third kappa shape index (κ3) is 3.29. The molecule has 0 spiro atoms. The molecule has 2 aliphatic heterocycles. The summed E-state index contributed by atoms with van der Waals surface area (Å²) >= 11 is 0. The van der Waals surface area contributed by atoms with E-state index >= 15 is 0 Å². The first kappa shape index (κ1) is 18.9. The quantitative estimate of drug-likeness (QED) is 0.458. The molecule has 0 aliphatic carbocycles. The van der Waals surface area contributed by atoms with Crippen molar-refractivity contribution in [1.82, 2.24) is 4.90 Å². The van der Waals surface area contributed by atoms with E-state index in [1.54, 1.807) is 30.3 Å². The molecule has 0 bridgehead atoms. The fourth-order valence-corrected chi connectivity index (χ4v) is 3.64. The maximum absolute atomic E-state index is 12.9. The van der Waals surface area contributed by atoms with Crippen LogP contribution in [0.3, 0.4) is 0 Å². The molecule has 2 aromatic rings. The Morgan fingerprint density at radius 2 is 1.83 bits per heavy atom. The second kappa shape index (κ2) is 7.50. The molecule has 29 heavy (non-hydrogen) atoms. The Hall–Kier alpha value is -3.48. The Labute approximate surface area is 167 Å². The first-order chi connectivity index (χ1) is 14.0. The maximum atomic E-state index is 12.9. The number of aliphatic hydroxyl groups excluding tert-OH is 1. The number of likely N-dealkylation sites (tertiary alicyclic amines) is 1. The number of rotatable bonds is 5. The fourth-order valence-electron chi connectivity index (χ4n) is 3.64. The van der Waals surface area contributed by atoms with Crippen LogP contribution in [0.5, 0.6) is 17.2 Å². The van der Waals surface area contributed by atoms with Crippen molar-refractivity contribution in [3.63, 3.8) is 0 Å². The molecule has 7 nitrogen and oxygen atoms in total. The summed E-state index contributed by atoms with van der Waals surface area (Å²) < 4.78 is 10.6. The van der Waals surface area contributed by atoms with E-state index in [0.717, 1.165) is 12.8 Å². The molecule has 2 heterocycles. The highest BCUT2D eigenvalue weighted by molar-refractivity contribution is 6.46. The van der Waals surface area contributed by atoms with Gasteiger partial charge in [-0.1, -0.05) is 25.5 Å². The van der Waals surface area contributed by atoms with Crippen molar-refractivity contribution in [3.05, 3.63) is 59.2 Å². The minimum absolute atomic E-state index is 0.0238. The molecule has 0 saturated carbocycles. The number of ether oxygens (including phenoxy) is 2. The van der Waals surface area contributed by atoms with Gasteiger partial charge in [0.1, 0.15) is 11.5 Å². The summed E-state index contributed by atoms with van der Waals surface area (Å²) in [6.07, 6.45) is 1.58. The van der Waals surface area contributed by atoms with E-state index in [0.29, 0.717) is 29.2 Å². The number of aliphatic hydroxyl groups is 1. The molecule has 2 aliphatic rings. The number of amides is 1. The lowest BCUT2D eigenvalue weighted by Gasteiger charge is -2.25. The number of ketones is 1. The SMILES string of the molecule is CCCCN1C(=O)C(=O)/C(=C(\O)c2ccc3c(c2)OCO3)C1c1ccc(O)cc1. The predicted molar refractivity (Wildman–Crippen MR) is 105 cm³/mol. The van der Waals surface area contributed by atoms with E-state index < -0.39 is 17.7 Å². The van der Waals surface area contributed by atoms with Crippen molar-refractivity contribution in [1.29, 1.82) is 0 Å². The Kier molecular flexibility index (Phi) is 4.88. The van der Waals surface area contributed by atoms with Gasteiger partial charge in [0, 0.05) is 12.1 Å². The lowest BCUT2D eigenvalue weighted by atomic mass is 9.95. The van der Waals surface area contributed by atoms with E-state index in [9.17, 15) is 19.8 Å². The van der Waals surface area contributed by atoms with Gasteiger partial charge in [-0.3, -0.25) is 9.59 Å². The predicted octanol–water partition coefficient (Wildman–Crippen LogP) is 3.34. The zero-order valence-corrected chi connectivity index (χ0v) is 15.9. The van der Waals surface area contributed by atoms with Gasteiger partial charge in [-0.2, -0.15) is 0 Å². The summed E-state index contributed by atoms with van der Waals surface area (Å²) in [6.45, 7) is 2.48. The molecule has 1 amide bonds. The summed E-state index contributed by atoms with van der Waals surface area (Å²) in [5.74, 6) is -0.530. The molecule has 150 valence electrons. The van der Waals surface area contributed by atoms with Crippen LogP contribution < -0.4 is 9.47 Å². The number of nitrogens with zero attached hydrogens (tertiary/aromatic N) is 1. The van der Waals surface area contributed by atoms with Gasteiger partial charge in [-0.15, -0.1) is 0 Å². The second-order valence-electron chi connectivity index (χ2n) is 7.01. The van der Waals surface area contributed by atoms with Gasteiger partial charge in [0.15, 0.2) is 11.5 Å². The Balaban J connectivity index is 1.83. The van der Waals surface area contributed by atoms with Crippen LogP contribution >= 0.6 is 0 Å². The lowest BCUT2D eigenvalue weighted by Crippen LogP contribution is -2.30. The molecule has 1 fully saturated rings. The first-order valence-corrected chi connectivity index (χ1v) is 9.48.